The Morgan fingerprint density at radius 3 is 2.88 bits per heavy atom. The summed E-state index contributed by atoms with van der Waals surface area (Å²) < 4.78 is 5.23. The molecular formula is C11H14N4O. The van der Waals surface area contributed by atoms with Crippen molar-refractivity contribution >= 4 is 11.0 Å². The summed E-state index contributed by atoms with van der Waals surface area (Å²) in [6.07, 6.45) is 0.612. The first kappa shape index (κ1) is 10.8. The molecule has 0 aliphatic carbocycles. The summed E-state index contributed by atoms with van der Waals surface area (Å²) in [7, 11) is 1.61. The lowest BCUT2D eigenvalue weighted by Gasteiger charge is -2.06. The van der Waals surface area contributed by atoms with Crippen LogP contribution in [0.25, 0.3) is 11.0 Å². The molecule has 1 unspecified atom stereocenters. The van der Waals surface area contributed by atoms with Gasteiger partial charge < -0.3 is 10.5 Å². The SMILES string of the molecule is COc1cccc2nnc(CC(C)N)nc12. The van der Waals surface area contributed by atoms with Crippen LogP contribution in [0, 0.1) is 0 Å². The van der Waals surface area contributed by atoms with E-state index in [4.69, 9.17) is 10.5 Å². The monoisotopic (exact) mass is 218 g/mol. The third-order valence-electron chi connectivity index (χ3n) is 2.22. The maximum Gasteiger partial charge on any atom is 0.153 e. The van der Waals surface area contributed by atoms with Gasteiger partial charge in [-0.3, -0.25) is 0 Å². The van der Waals surface area contributed by atoms with Gasteiger partial charge in [-0.25, -0.2) is 4.98 Å². The van der Waals surface area contributed by atoms with Crippen LogP contribution in [0.15, 0.2) is 18.2 Å². The van der Waals surface area contributed by atoms with Crippen molar-refractivity contribution in [3.05, 3.63) is 24.0 Å². The van der Waals surface area contributed by atoms with E-state index in [1.54, 1.807) is 7.11 Å². The number of nitrogens with two attached hydrogens (primary N) is 1. The molecule has 0 aliphatic rings. The van der Waals surface area contributed by atoms with E-state index in [1.807, 2.05) is 25.1 Å². The van der Waals surface area contributed by atoms with Crippen LogP contribution in [0.2, 0.25) is 0 Å². The predicted molar refractivity (Wildman–Crippen MR) is 61.2 cm³/mol. The molecule has 0 spiro atoms. The molecular weight excluding hydrogens is 204 g/mol. The van der Waals surface area contributed by atoms with E-state index in [-0.39, 0.29) is 6.04 Å². The van der Waals surface area contributed by atoms with Crippen molar-refractivity contribution in [2.45, 2.75) is 19.4 Å². The zero-order chi connectivity index (χ0) is 11.5. The minimum atomic E-state index is 0.0222. The zero-order valence-corrected chi connectivity index (χ0v) is 9.34. The highest BCUT2D eigenvalue weighted by Gasteiger charge is 2.07. The highest BCUT2D eigenvalue weighted by Crippen LogP contribution is 2.21. The van der Waals surface area contributed by atoms with Crippen molar-refractivity contribution in [2.75, 3.05) is 7.11 Å². The fraction of sp³-hybridized carbons (Fsp3) is 0.364. The van der Waals surface area contributed by atoms with Crippen molar-refractivity contribution in [2.24, 2.45) is 5.73 Å². The number of benzene rings is 1. The van der Waals surface area contributed by atoms with E-state index >= 15 is 0 Å². The number of nitrogens with zero attached hydrogens (tertiary/aromatic N) is 3. The molecule has 1 heterocycles. The molecule has 0 bridgehead atoms. The van der Waals surface area contributed by atoms with Crippen LogP contribution in [0.1, 0.15) is 12.7 Å². The minimum absolute atomic E-state index is 0.0222. The summed E-state index contributed by atoms with van der Waals surface area (Å²) in [6, 6.07) is 5.59. The number of aromatic nitrogens is 3. The van der Waals surface area contributed by atoms with Crippen LogP contribution in [-0.2, 0) is 6.42 Å². The average Bonchev–Trinajstić information content (AvgIpc) is 2.27. The number of ether oxygens (including phenoxy) is 1. The molecule has 1 aromatic carbocycles. The fourth-order valence-corrected chi connectivity index (χ4v) is 1.51. The first-order chi connectivity index (χ1) is 7.70. The lowest BCUT2D eigenvalue weighted by molar-refractivity contribution is 0.418. The first-order valence-electron chi connectivity index (χ1n) is 5.12. The Labute approximate surface area is 93.7 Å². The van der Waals surface area contributed by atoms with Gasteiger partial charge in [-0.15, -0.1) is 10.2 Å². The lowest BCUT2D eigenvalue weighted by atomic mass is 10.2. The summed E-state index contributed by atoms with van der Waals surface area (Å²) >= 11 is 0. The second kappa shape index (κ2) is 4.40. The third kappa shape index (κ3) is 2.09. The van der Waals surface area contributed by atoms with Crippen LogP contribution in [0.5, 0.6) is 5.75 Å². The first-order valence-corrected chi connectivity index (χ1v) is 5.12. The Kier molecular flexibility index (Phi) is 2.96. The number of methoxy groups -OCH3 is 1. The van der Waals surface area contributed by atoms with E-state index in [2.05, 4.69) is 15.2 Å². The molecule has 0 radical (unpaired) electrons. The highest BCUT2D eigenvalue weighted by atomic mass is 16.5. The molecule has 2 N–H and O–H groups in total. The Balaban J connectivity index is 2.50. The molecule has 2 aromatic rings. The summed E-state index contributed by atoms with van der Waals surface area (Å²) in [5, 5.41) is 8.12. The van der Waals surface area contributed by atoms with E-state index in [9.17, 15) is 0 Å². The van der Waals surface area contributed by atoms with Gasteiger partial charge in [0.25, 0.3) is 0 Å². The van der Waals surface area contributed by atoms with E-state index in [0.29, 0.717) is 18.0 Å². The molecule has 2 rings (SSSR count). The summed E-state index contributed by atoms with van der Waals surface area (Å²) in [5.74, 6) is 1.35. The van der Waals surface area contributed by atoms with Crippen molar-refractivity contribution in [1.29, 1.82) is 0 Å². The second-order valence-corrected chi connectivity index (χ2v) is 3.74. The summed E-state index contributed by atoms with van der Waals surface area (Å²) in [5.41, 5.74) is 7.16. The van der Waals surface area contributed by atoms with Gasteiger partial charge in [0.05, 0.1) is 7.11 Å². The van der Waals surface area contributed by atoms with Crippen molar-refractivity contribution in [3.8, 4) is 5.75 Å². The number of fused-ring (bicyclic) bond motifs is 1. The number of hydrogen-bond acceptors (Lipinski definition) is 5. The fourth-order valence-electron chi connectivity index (χ4n) is 1.51. The Morgan fingerprint density at radius 2 is 2.19 bits per heavy atom. The molecule has 1 atom stereocenters. The van der Waals surface area contributed by atoms with Gasteiger partial charge >= 0.3 is 0 Å². The normalized spacial score (nSPS) is 12.7. The van der Waals surface area contributed by atoms with Gasteiger partial charge in [0.15, 0.2) is 5.82 Å². The molecule has 16 heavy (non-hydrogen) atoms. The van der Waals surface area contributed by atoms with Crippen LogP contribution in [0.3, 0.4) is 0 Å². The third-order valence-corrected chi connectivity index (χ3v) is 2.22. The van der Waals surface area contributed by atoms with Crippen molar-refractivity contribution in [3.63, 3.8) is 0 Å². The summed E-state index contributed by atoms with van der Waals surface area (Å²) in [6.45, 7) is 1.91. The van der Waals surface area contributed by atoms with E-state index < -0.39 is 0 Å². The smallest absolute Gasteiger partial charge is 0.153 e. The number of para-hydroxylation sites is 1. The number of rotatable bonds is 3. The topological polar surface area (TPSA) is 73.9 Å². The average molecular weight is 218 g/mol. The van der Waals surface area contributed by atoms with Crippen molar-refractivity contribution in [1.82, 2.24) is 15.2 Å². The molecule has 0 saturated carbocycles. The van der Waals surface area contributed by atoms with Crippen LogP contribution in [-0.4, -0.2) is 28.3 Å². The molecule has 0 fully saturated rings. The van der Waals surface area contributed by atoms with Crippen LogP contribution >= 0.6 is 0 Å². The van der Waals surface area contributed by atoms with Gasteiger partial charge in [0.2, 0.25) is 0 Å². The highest BCUT2D eigenvalue weighted by molar-refractivity contribution is 5.80. The van der Waals surface area contributed by atoms with Gasteiger partial charge in [0.1, 0.15) is 16.8 Å². The van der Waals surface area contributed by atoms with Gasteiger partial charge in [-0.2, -0.15) is 0 Å². The lowest BCUT2D eigenvalue weighted by Crippen LogP contribution is -2.19. The molecule has 5 nitrogen and oxygen atoms in total. The second-order valence-electron chi connectivity index (χ2n) is 3.74. The molecule has 84 valence electrons. The van der Waals surface area contributed by atoms with Gasteiger partial charge in [-0.05, 0) is 19.1 Å². The van der Waals surface area contributed by atoms with Gasteiger partial charge in [-0.1, -0.05) is 6.07 Å². The molecule has 5 heteroatoms. The Hall–Kier alpha value is -1.75. The predicted octanol–water partition coefficient (Wildman–Crippen LogP) is 0.923. The van der Waals surface area contributed by atoms with E-state index in [1.165, 1.54) is 0 Å². The van der Waals surface area contributed by atoms with Gasteiger partial charge in [0, 0.05) is 12.5 Å². The van der Waals surface area contributed by atoms with E-state index in [0.717, 1.165) is 11.0 Å². The zero-order valence-electron chi connectivity index (χ0n) is 9.34. The number of hydrogen-bond donors (Lipinski definition) is 1. The largest absolute Gasteiger partial charge is 0.494 e. The summed E-state index contributed by atoms with van der Waals surface area (Å²) in [4.78, 5) is 4.41. The molecule has 1 aromatic heterocycles. The molecule has 0 amide bonds. The Bertz CT molecular complexity index is 498. The minimum Gasteiger partial charge on any atom is -0.494 e. The van der Waals surface area contributed by atoms with Crippen molar-refractivity contribution < 1.29 is 4.74 Å². The maximum absolute atomic E-state index is 5.70. The van der Waals surface area contributed by atoms with Crippen LogP contribution in [0.4, 0.5) is 0 Å². The Morgan fingerprint density at radius 1 is 1.38 bits per heavy atom. The standard InChI is InChI=1S/C11H14N4O/c1-7(12)6-10-13-11-8(14-15-10)4-3-5-9(11)16-2/h3-5,7H,6,12H2,1-2H3. The maximum atomic E-state index is 5.70. The van der Waals surface area contributed by atoms with Crippen LogP contribution < -0.4 is 10.5 Å². The molecule has 0 saturated heterocycles. The quantitative estimate of drug-likeness (QED) is 0.829. The molecule has 0 aliphatic heterocycles.